The van der Waals surface area contributed by atoms with Gasteiger partial charge >= 0.3 is 0 Å². The van der Waals surface area contributed by atoms with Crippen LogP contribution in [0.15, 0.2) is 24.8 Å². The third kappa shape index (κ3) is 3.10. The lowest BCUT2D eigenvalue weighted by molar-refractivity contribution is 0.322. The molecule has 0 fully saturated rings. The number of ether oxygens (including phenoxy) is 4. The van der Waals surface area contributed by atoms with E-state index < -0.39 is 0 Å². The molecule has 0 spiro atoms. The van der Waals surface area contributed by atoms with Crippen LogP contribution in [0, 0.1) is 0 Å². The summed E-state index contributed by atoms with van der Waals surface area (Å²) in [5.41, 5.74) is 2.47. The van der Waals surface area contributed by atoms with Crippen molar-refractivity contribution in [3.8, 4) is 34.5 Å². The van der Waals surface area contributed by atoms with E-state index in [1.807, 2.05) is 6.92 Å². The molecule has 0 atom stereocenters. The maximum Gasteiger partial charge on any atom is 0.203 e. The van der Waals surface area contributed by atoms with E-state index in [-0.39, 0.29) is 17.2 Å². The summed E-state index contributed by atoms with van der Waals surface area (Å²) in [5, 5.41) is 20.5. The topological polar surface area (TPSA) is 77.4 Å². The van der Waals surface area contributed by atoms with Crippen molar-refractivity contribution < 1.29 is 29.2 Å². The minimum Gasteiger partial charge on any atom is -0.504 e. The van der Waals surface area contributed by atoms with Gasteiger partial charge in [-0.2, -0.15) is 0 Å². The predicted molar refractivity (Wildman–Crippen MR) is 99.9 cm³/mol. The molecule has 2 aromatic rings. The fraction of sp³-hybridized carbons (Fsp3) is 0.300. The van der Waals surface area contributed by atoms with Crippen molar-refractivity contribution in [2.45, 2.75) is 13.3 Å². The van der Waals surface area contributed by atoms with Gasteiger partial charge in [0.15, 0.2) is 23.0 Å². The molecule has 0 aliphatic heterocycles. The molecule has 6 nitrogen and oxygen atoms in total. The Balaban J connectivity index is 2.72. The zero-order valence-corrected chi connectivity index (χ0v) is 15.7. The van der Waals surface area contributed by atoms with E-state index >= 15 is 0 Å². The van der Waals surface area contributed by atoms with E-state index in [0.29, 0.717) is 34.8 Å². The maximum absolute atomic E-state index is 10.4. The highest BCUT2D eigenvalue weighted by atomic mass is 16.5. The van der Waals surface area contributed by atoms with Crippen LogP contribution in [0.5, 0.6) is 34.5 Å². The quantitative estimate of drug-likeness (QED) is 0.732. The monoisotopic (exact) mass is 360 g/mol. The van der Waals surface area contributed by atoms with Gasteiger partial charge in [-0.3, -0.25) is 0 Å². The van der Waals surface area contributed by atoms with Crippen LogP contribution in [0.3, 0.4) is 0 Å². The lowest BCUT2D eigenvalue weighted by Crippen LogP contribution is -2.03. The van der Waals surface area contributed by atoms with Gasteiger partial charge < -0.3 is 29.2 Å². The molecule has 26 heavy (non-hydrogen) atoms. The molecule has 0 aliphatic rings. The molecule has 0 amide bonds. The lowest BCUT2D eigenvalue weighted by atomic mass is 9.91. The highest BCUT2D eigenvalue weighted by Crippen LogP contribution is 2.47. The minimum atomic E-state index is -0.336. The van der Waals surface area contributed by atoms with Crippen LogP contribution in [-0.2, 0) is 6.42 Å². The fourth-order valence-electron chi connectivity index (χ4n) is 2.95. The van der Waals surface area contributed by atoms with Gasteiger partial charge in [0.05, 0.1) is 28.4 Å². The molecule has 2 rings (SSSR count). The molecule has 0 bridgehead atoms. The summed E-state index contributed by atoms with van der Waals surface area (Å²) in [7, 11) is 6.05. The van der Waals surface area contributed by atoms with Gasteiger partial charge in [-0.05, 0) is 35.8 Å². The largest absolute Gasteiger partial charge is 0.504 e. The van der Waals surface area contributed by atoms with Crippen LogP contribution in [-0.4, -0.2) is 38.7 Å². The summed E-state index contributed by atoms with van der Waals surface area (Å²) in [5.74, 6) is 1.06. The number of hydrogen-bond acceptors (Lipinski definition) is 6. The van der Waals surface area contributed by atoms with Crippen LogP contribution in [0.1, 0.15) is 23.6 Å². The first-order valence-electron chi connectivity index (χ1n) is 8.05. The van der Waals surface area contributed by atoms with Crippen molar-refractivity contribution >= 4 is 5.57 Å². The third-order valence-electron chi connectivity index (χ3n) is 4.27. The van der Waals surface area contributed by atoms with Crippen LogP contribution in [0.4, 0.5) is 0 Å². The molecule has 140 valence electrons. The average Bonchev–Trinajstić information content (AvgIpc) is 2.67. The molecule has 2 aromatic carbocycles. The van der Waals surface area contributed by atoms with Gasteiger partial charge in [0, 0.05) is 11.1 Å². The van der Waals surface area contributed by atoms with Gasteiger partial charge in [-0.25, -0.2) is 0 Å². The Morgan fingerprint density at radius 3 is 1.96 bits per heavy atom. The first-order chi connectivity index (χ1) is 12.4. The van der Waals surface area contributed by atoms with Crippen molar-refractivity contribution in [3.63, 3.8) is 0 Å². The number of rotatable bonds is 7. The molecule has 0 aliphatic carbocycles. The number of aromatic hydroxyl groups is 2. The minimum absolute atomic E-state index is 0.180. The molecule has 0 heterocycles. The Kier molecular flexibility index (Phi) is 5.87. The molecular formula is C20H24O6. The Bertz CT molecular complexity index is 826. The summed E-state index contributed by atoms with van der Waals surface area (Å²) in [6.45, 7) is 6.08. The molecule has 0 unspecified atom stereocenters. The smallest absolute Gasteiger partial charge is 0.203 e. The lowest BCUT2D eigenvalue weighted by Gasteiger charge is -2.21. The summed E-state index contributed by atoms with van der Waals surface area (Å²) in [6.07, 6.45) is 0.640. The van der Waals surface area contributed by atoms with Gasteiger partial charge in [0.2, 0.25) is 11.5 Å². The standard InChI is InChI=1S/C20H24O6/c1-7-12-14(10-16(24-4)20(26-6)19(12)25-5)11(2)13-8-9-15(23-3)18(22)17(13)21/h8-10,21-22H,2,7H2,1,3-6H3. The summed E-state index contributed by atoms with van der Waals surface area (Å²) in [4.78, 5) is 0. The predicted octanol–water partition coefficient (Wildman–Crippen LogP) is 3.76. The van der Waals surface area contributed by atoms with E-state index in [0.717, 1.165) is 11.1 Å². The van der Waals surface area contributed by atoms with E-state index in [1.165, 1.54) is 14.2 Å². The number of phenols is 2. The summed E-state index contributed by atoms with van der Waals surface area (Å²) >= 11 is 0. The van der Waals surface area contributed by atoms with E-state index in [4.69, 9.17) is 18.9 Å². The second-order valence-corrected chi connectivity index (χ2v) is 5.52. The van der Waals surface area contributed by atoms with Gasteiger partial charge in [0.25, 0.3) is 0 Å². The first kappa shape index (κ1) is 19.3. The SMILES string of the molecule is C=C(c1ccc(OC)c(O)c1O)c1cc(OC)c(OC)c(OC)c1CC. The van der Waals surface area contributed by atoms with Crippen LogP contribution >= 0.6 is 0 Å². The Hall–Kier alpha value is -3.02. The van der Waals surface area contributed by atoms with Crippen LogP contribution in [0.2, 0.25) is 0 Å². The molecular weight excluding hydrogens is 336 g/mol. The number of methoxy groups -OCH3 is 4. The molecule has 0 saturated carbocycles. The number of hydrogen-bond donors (Lipinski definition) is 2. The van der Waals surface area contributed by atoms with Crippen molar-refractivity contribution in [2.24, 2.45) is 0 Å². The normalized spacial score (nSPS) is 10.3. The fourth-order valence-corrected chi connectivity index (χ4v) is 2.95. The van der Waals surface area contributed by atoms with Crippen molar-refractivity contribution in [1.82, 2.24) is 0 Å². The van der Waals surface area contributed by atoms with Gasteiger partial charge in [-0.1, -0.05) is 13.5 Å². The van der Waals surface area contributed by atoms with Crippen LogP contribution in [0.25, 0.3) is 5.57 Å². The molecule has 0 radical (unpaired) electrons. The molecule has 6 heteroatoms. The zero-order chi connectivity index (χ0) is 19.4. The average molecular weight is 360 g/mol. The highest BCUT2D eigenvalue weighted by molar-refractivity contribution is 5.87. The Labute approximate surface area is 153 Å². The van der Waals surface area contributed by atoms with E-state index in [9.17, 15) is 10.2 Å². The van der Waals surface area contributed by atoms with Gasteiger partial charge in [-0.15, -0.1) is 0 Å². The third-order valence-corrected chi connectivity index (χ3v) is 4.27. The van der Waals surface area contributed by atoms with Crippen molar-refractivity contribution in [1.29, 1.82) is 0 Å². The zero-order valence-electron chi connectivity index (χ0n) is 15.7. The maximum atomic E-state index is 10.4. The highest BCUT2D eigenvalue weighted by Gasteiger charge is 2.23. The number of phenolic OH excluding ortho intramolecular Hbond substituents is 2. The van der Waals surface area contributed by atoms with E-state index in [1.54, 1.807) is 32.4 Å². The second-order valence-electron chi connectivity index (χ2n) is 5.52. The Morgan fingerprint density at radius 2 is 1.46 bits per heavy atom. The summed E-state index contributed by atoms with van der Waals surface area (Å²) in [6, 6.07) is 4.99. The number of benzene rings is 2. The van der Waals surface area contributed by atoms with E-state index in [2.05, 4.69) is 6.58 Å². The second kappa shape index (κ2) is 7.91. The first-order valence-corrected chi connectivity index (χ1v) is 8.05. The summed E-state index contributed by atoms with van der Waals surface area (Å²) < 4.78 is 21.4. The molecule has 0 saturated heterocycles. The molecule has 2 N–H and O–H groups in total. The Morgan fingerprint density at radius 1 is 0.846 bits per heavy atom. The van der Waals surface area contributed by atoms with Crippen molar-refractivity contribution in [2.75, 3.05) is 28.4 Å². The van der Waals surface area contributed by atoms with Crippen LogP contribution < -0.4 is 18.9 Å². The van der Waals surface area contributed by atoms with Crippen molar-refractivity contribution in [3.05, 3.63) is 41.5 Å². The molecule has 0 aromatic heterocycles. The van der Waals surface area contributed by atoms with Gasteiger partial charge in [0.1, 0.15) is 0 Å².